The summed E-state index contributed by atoms with van der Waals surface area (Å²) in [7, 11) is 1.58. The summed E-state index contributed by atoms with van der Waals surface area (Å²) in [4.78, 5) is 0. The van der Waals surface area contributed by atoms with Crippen molar-refractivity contribution in [2.24, 2.45) is 0 Å². The van der Waals surface area contributed by atoms with E-state index in [1.54, 1.807) is 31.4 Å². The van der Waals surface area contributed by atoms with Gasteiger partial charge in [0, 0.05) is 7.11 Å². The van der Waals surface area contributed by atoms with Crippen molar-refractivity contribution < 1.29 is 18.6 Å². The molecule has 0 heterocycles. The van der Waals surface area contributed by atoms with Gasteiger partial charge in [0.15, 0.2) is 0 Å². The Hall–Kier alpha value is -1.78. The number of ether oxygens (including phenoxy) is 1. The number of hydrogen-bond donors (Lipinski definition) is 1. The molecule has 2 aromatic carbocycles. The summed E-state index contributed by atoms with van der Waals surface area (Å²) in [6, 6.07) is 9.31. The first-order chi connectivity index (χ1) is 9.54. The molecule has 0 fully saturated rings. The van der Waals surface area contributed by atoms with E-state index in [1.165, 1.54) is 13.0 Å². The predicted molar refractivity (Wildman–Crippen MR) is 72.3 cm³/mol. The highest BCUT2D eigenvalue weighted by Crippen LogP contribution is 2.28. The second-order valence-corrected chi connectivity index (χ2v) is 4.67. The summed E-state index contributed by atoms with van der Waals surface area (Å²) < 4.78 is 32.7. The van der Waals surface area contributed by atoms with E-state index in [4.69, 9.17) is 4.74 Å². The number of benzene rings is 2. The molecule has 0 aliphatic rings. The van der Waals surface area contributed by atoms with Gasteiger partial charge in [0.25, 0.3) is 0 Å². The molecule has 0 saturated carbocycles. The topological polar surface area (TPSA) is 29.5 Å². The summed E-state index contributed by atoms with van der Waals surface area (Å²) in [5, 5.41) is 10.2. The van der Waals surface area contributed by atoms with Gasteiger partial charge >= 0.3 is 0 Å². The fourth-order valence-electron chi connectivity index (χ4n) is 2.06. The zero-order chi connectivity index (χ0) is 14.7. The van der Waals surface area contributed by atoms with Crippen LogP contribution in [0.1, 0.15) is 28.4 Å². The van der Waals surface area contributed by atoms with Crippen molar-refractivity contribution in [1.82, 2.24) is 0 Å². The van der Waals surface area contributed by atoms with E-state index < -0.39 is 17.7 Å². The van der Waals surface area contributed by atoms with Crippen LogP contribution in [-0.4, -0.2) is 12.2 Å². The zero-order valence-corrected chi connectivity index (χ0v) is 11.4. The molecule has 0 aliphatic heterocycles. The number of aliphatic hydroxyl groups excluding tert-OH is 1. The molecule has 1 N–H and O–H groups in total. The number of aryl methyl sites for hydroxylation is 1. The fourth-order valence-corrected chi connectivity index (χ4v) is 2.06. The van der Waals surface area contributed by atoms with E-state index >= 15 is 0 Å². The van der Waals surface area contributed by atoms with Crippen LogP contribution in [0.2, 0.25) is 0 Å². The summed E-state index contributed by atoms with van der Waals surface area (Å²) in [6.45, 7) is 1.98. The van der Waals surface area contributed by atoms with Gasteiger partial charge in [0.1, 0.15) is 17.7 Å². The first-order valence-electron chi connectivity index (χ1n) is 6.25. The molecule has 0 aromatic heterocycles. The van der Waals surface area contributed by atoms with Crippen LogP contribution in [0.3, 0.4) is 0 Å². The maximum absolute atomic E-state index is 14.0. The highest BCUT2D eigenvalue weighted by atomic mass is 19.1. The number of halogens is 2. The van der Waals surface area contributed by atoms with E-state index in [0.29, 0.717) is 17.7 Å². The van der Waals surface area contributed by atoms with Crippen LogP contribution in [0.15, 0.2) is 36.4 Å². The molecule has 0 spiro atoms. The van der Waals surface area contributed by atoms with E-state index in [2.05, 4.69) is 0 Å². The minimum atomic E-state index is -1.33. The average Bonchev–Trinajstić information content (AvgIpc) is 2.44. The lowest BCUT2D eigenvalue weighted by Gasteiger charge is -2.15. The number of rotatable bonds is 4. The van der Waals surface area contributed by atoms with Gasteiger partial charge in [-0.05, 0) is 29.7 Å². The summed E-state index contributed by atoms with van der Waals surface area (Å²) in [6.07, 6.45) is -1.33. The van der Waals surface area contributed by atoms with Crippen LogP contribution in [0.25, 0.3) is 0 Å². The molecular formula is C16H16F2O2. The minimum Gasteiger partial charge on any atom is -0.383 e. The molecule has 0 aliphatic carbocycles. The van der Waals surface area contributed by atoms with Gasteiger partial charge in [0.2, 0.25) is 0 Å². The number of hydrogen-bond acceptors (Lipinski definition) is 2. The molecule has 2 nitrogen and oxygen atoms in total. The molecule has 0 radical (unpaired) electrons. The predicted octanol–water partition coefficient (Wildman–Crippen LogP) is 3.50. The van der Waals surface area contributed by atoms with Gasteiger partial charge in [0.05, 0.1) is 12.2 Å². The minimum absolute atomic E-state index is 0.302. The first kappa shape index (κ1) is 14.6. The Kier molecular flexibility index (Phi) is 4.47. The third-order valence-corrected chi connectivity index (χ3v) is 3.20. The third-order valence-electron chi connectivity index (χ3n) is 3.20. The lowest BCUT2D eigenvalue weighted by atomic mass is 9.98. The molecule has 20 heavy (non-hydrogen) atoms. The van der Waals surface area contributed by atoms with Crippen LogP contribution in [0.5, 0.6) is 0 Å². The largest absolute Gasteiger partial charge is 0.383 e. The maximum Gasteiger partial charge on any atom is 0.135 e. The Morgan fingerprint density at radius 3 is 2.35 bits per heavy atom. The van der Waals surface area contributed by atoms with Crippen molar-refractivity contribution in [2.45, 2.75) is 19.6 Å². The van der Waals surface area contributed by atoms with Crippen molar-refractivity contribution in [3.8, 4) is 0 Å². The third kappa shape index (κ3) is 2.86. The molecule has 1 atom stereocenters. The lowest BCUT2D eigenvalue weighted by Crippen LogP contribution is -2.07. The van der Waals surface area contributed by atoms with Crippen molar-refractivity contribution in [3.05, 3.63) is 70.3 Å². The van der Waals surface area contributed by atoms with Crippen molar-refractivity contribution in [3.63, 3.8) is 0 Å². The fraction of sp³-hybridized carbons (Fsp3) is 0.250. The normalized spacial score (nSPS) is 12.4. The Bertz CT molecular complexity index is 594. The van der Waals surface area contributed by atoms with E-state index in [-0.39, 0.29) is 5.56 Å². The molecule has 0 saturated heterocycles. The Morgan fingerprint density at radius 1 is 1.10 bits per heavy atom. The van der Waals surface area contributed by atoms with E-state index in [9.17, 15) is 13.9 Å². The van der Waals surface area contributed by atoms with Crippen molar-refractivity contribution in [2.75, 3.05) is 7.11 Å². The van der Waals surface area contributed by atoms with Gasteiger partial charge in [-0.25, -0.2) is 8.78 Å². The maximum atomic E-state index is 14.0. The quantitative estimate of drug-likeness (QED) is 0.927. The molecular weight excluding hydrogens is 262 g/mol. The van der Waals surface area contributed by atoms with Crippen LogP contribution >= 0.6 is 0 Å². The molecule has 2 aromatic rings. The summed E-state index contributed by atoms with van der Waals surface area (Å²) in [5.74, 6) is -1.46. The van der Waals surface area contributed by atoms with Crippen LogP contribution in [0, 0.1) is 18.6 Å². The van der Waals surface area contributed by atoms with Crippen LogP contribution < -0.4 is 0 Å². The average molecular weight is 278 g/mol. The van der Waals surface area contributed by atoms with Gasteiger partial charge in [-0.15, -0.1) is 0 Å². The van der Waals surface area contributed by atoms with Gasteiger partial charge < -0.3 is 9.84 Å². The standard InChI is InChI=1S/C16H16F2O2/c1-10-3-8-13(17)14(15(10)18)16(19)12-6-4-11(5-7-12)9-20-2/h3-8,16,19H,9H2,1-2H3. The monoisotopic (exact) mass is 278 g/mol. The first-order valence-corrected chi connectivity index (χ1v) is 6.25. The molecule has 106 valence electrons. The van der Waals surface area contributed by atoms with Crippen LogP contribution in [0.4, 0.5) is 8.78 Å². The number of methoxy groups -OCH3 is 1. The summed E-state index contributed by atoms with van der Waals surface area (Å²) >= 11 is 0. The Balaban J connectivity index is 2.36. The molecule has 1 unspecified atom stereocenters. The Labute approximate surface area is 116 Å². The highest BCUT2D eigenvalue weighted by Gasteiger charge is 2.21. The SMILES string of the molecule is COCc1ccc(C(O)c2c(F)ccc(C)c2F)cc1. The molecule has 2 rings (SSSR count). The van der Waals surface area contributed by atoms with Crippen molar-refractivity contribution in [1.29, 1.82) is 0 Å². The molecule has 4 heteroatoms. The zero-order valence-electron chi connectivity index (χ0n) is 11.4. The molecule has 0 amide bonds. The number of aliphatic hydroxyl groups is 1. The van der Waals surface area contributed by atoms with Crippen LogP contribution in [-0.2, 0) is 11.3 Å². The Morgan fingerprint density at radius 2 is 1.75 bits per heavy atom. The van der Waals surface area contributed by atoms with Gasteiger partial charge in [-0.3, -0.25) is 0 Å². The van der Waals surface area contributed by atoms with Crippen molar-refractivity contribution >= 4 is 0 Å². The highest BCUT2D eigenvalue weighted by molar-refractivity contribution is 5.35. The van der Waals surface area contributed by atoms with E-state index in [1.807, 2.05) is 0 Å². The smallest absolute Gasteiger partial charge is 0.135 e. The van der Waals surface area contributed by atoms with Gasteiger partial charge in [-0.1, -0.05) is 30.3 Å². The van der Waals surface area contributed by atoms with Gasteiger partial charge in [-0.2, -0.15) is 0 Å². The second kappa shape index (κ2) is 6.11. The van der Waals surface area contributed by atoms with E-state index in [0.717, 1.165) is 11.6 Å². The lowest BCUT2D eigenvalue weighted by molar-refractivity contribution is 0.184. The second-order valence-electron chi connectivity index (χ2n) is 4.67. The molecule has 0 bridgehead atoms. The summed E-state index contributed by atoms with van der Waals surface area (Å²) in [5.41, 5.74) is 1.35.